The van der Waals surface area contributed by atoms with Gasteiger partial charge in [0, 0.05) is 12.8 Å². The number of pyridine rings is 1. The first kappa shape index (κ1) is 19.2. The summed E-state index contributed by atoms with van der Waals surface area (Å²) in [5, 5.41) is 10.7. The molecular weight excluding hydrogens is 380 g/mol. The van der Waals surface area contributed by atoms with Gasteiger partial charge >= 0.3 is 0 Å². The van der Waals surface area contributed by atoms with Crippen molar-refractivity contribution in [1.29, 1.82) is 0 Å². The molecule has 3 heterocycles. The summed E-state index contributed by atoms with van der Waals surface area (Å²) >= 11 is 5.88. The Labute approximate surface area is 169 Å². The predicted molar refractivity (Wildman–Crippen MR) is 105 cm³/mol. The van der Waals surface area contributed by atoms with Crippen LogP contribution in [0.4, 0.5) is 0 Å². The van der Waals surface area contributed by atoms with Gasteiger partial charge in [0.15, 0.2) is 6.73 Å². The highest BCUT2D eigenvalue weighted by Gasteiger charge is 2.37. The van der Waals surface area contributed by atoms with Crippen LogP contribution >= 0.6 is 11.6 Å². The fourth-order valence-electron chi connectivity index (χ4n) is 3.79. The van der Waals surface area contributed by atoms with Gasteiger partial charge in [-0.3, -0.25) is 9.69 Å². The molecule has 0 saturated carbocycles. The number of aromatic nitrogens is 1. The molecule has 2 atom stereocenters. The molecular formula is C21H23ClN2O4. The van der Waals surface area contributed by atoms with E-state index in [1.165, 1.54) is 0 Å². The number of nitrogens with zero attached hydrogens (tertiary/aromatic N) is 2. The molecule has 0 unspecified atom stereocenters. The Morgan fingerprint density at radius 1 is 1.32 bits per heavy atom. The topological polar surface area (TPSA) is 71.9 Å². The summed E-state index contributed by atoms with van der Waals surface area (Å²) in [6, 6.07) is 7.18. The number of fused-ring (bicyclic) bond motifs is 1. The zero-order valence-corrected chi connectivity index (χ0v) is 16.5. The summed E-state index contributed by atoms with van der Waals surface area (Å²) in [5.74, 6) is 0.469. The molecule has 1 saturated heterocycles. The van der Waals surface area contributed by atoms with Crippen molar-refractivity contribution in [2.75, 3.05) is 19.9 Å². The second kappa shape index (κ2) is 8.07. The second-order valence-corrected chi connectivity index (χ2v) is 7.57. The molecule has 0 bridgehead atoms. The fourth-order valence-corrected chi connectivity index (χ4v) is 3.90. The van der Waals surface area contributed by atoms with Crippen molar-refractivity contribution in [2.45, 2.75) is 38.3 Å². The summed E-state index contributed by atoms with van der Waals surface area (Å²) in [5.41, 5.74) is 3.75. The number of aliphatic hydroxyl groups excluding tert-OH is 1. The van der Waals surface area contributed by atoms with Crippen molar-refractivity contribution in [2.24, 2.45) is 0 Å². The van der Waals surface area contributed by atoms with Crippen LogP contribution in [-0.4, -0.2) is 53.0 Å². The van der Waals surface area contributed by atoms with E-state index >= 15 is 0 Å². The third-order valence-corrected chi connectivity index (χ3v) is 5.63. The molecule has 0 radical (unpaired) electrons. The van der Waals surface area contributed by atoms with Crippen LogP contribution in [0.2, 0.25) is 5.15 Å². The molecule has 1 fully saturated rings. The third-order valence-electron chi connectivity index (χ3n) is 5.41. The monoisotopic (exact) mass is 402 g/mol. The maximum absolute atomic E-state index is 13.2. The van der Waals surface area contributed by atoms with E-state index in [9.17, 15) is 9.90 Å². The molecule has 1 N–H and O–H groups in total. The van der Waals surface area contributed by atoms with Gasteiger partial charge in [-0.1, -0.05) is 24.6 Å². The number of amides is 1. The van der Waals surface area contributed by atoms with E-state index in [0.29, 0.717) is 42.5 Å². The second-order valence-electron chi connectivity index (χ2n) is 7.18. The normalized spacial score (nSPS) is 22.0. The molecule has 1 aromatic heterocycles. The predicted octanol–water partition coefficient (Wildman–Crippen LogP) is 2.83. The average molecular weight is 403 g/mol. The highest BCUT2D eigenvalue weighted by molar-refractivity contribution is 6.29. The van der Waals surface area contributed by atoms with Crippen LogP contribution in [0.15, 0.2) is 30.5 Å². The standard InChI is InChI=1S/C21H23ClN2O4/c1-2-14-9-19-16(8-15(14)7-13-3-4-20(22)23-10-13)21(26)24(12-28-19)17-11-27-6-5-18(17)25/h3-4,8-10,17-18,25H,2,5-7,11-12H2,1H3/t17-,18-/m0/s1. The summed E-state index contributed by atoms with van der Waals surface area (Å²) in [7, 11) is 0. The quantitative estimate of drug-likeness (QED) is 0.796. The lowest BCUT2D eigenvalue weighted by molar-refractivity contribution is -0.0696. The number of hydrogen-bond donors (Lipinski definition) is 1. The minimum atomic E-state index is -0.600. The Balaban J connectivity index is 1.64. The molecule has 0 aliphatic carbocycles. The fraction of sp³-hybridized carbons (Fsp3) is 0.429. The van der Waals surface area contributed by atoms with Gasteiger partial charge in [0.25, 0.3) is 5.91 Å². The summed E-state index contributed by atoms with van der Waals surface area (Å²) in [4.78, 5) is 18.9. The smallest absolute Gasteiger partial charge is 0.260 e. The Morgan fingerprint density at radius 3 is 2.89 bits per heavy atom. The van der Waals surface area contributed by atoms with Gasteiger partial charge in [-0.25, -0.2) is 4.98 Å². The van der Waals surface area contributed by atoms with Crippen molar-refractivity contribution in [1.82, 2.24) is 9.88 Å². The van der Waals surface area contributed by atoms with Crippen molar-refractivity contribution in [3.63, 3.8) is 0 Å². The Morgan fingerprint density at radius 2 is 2.18 bits per heavy atom. The first-order chi connectivity index (χ1) is 13.6. The number of aliphatic hydroxyl groups is 1. The van der Waals surface area contributed by atoms with E-state index in [1.807, 2.05) is 18.2 Å². The van der Waals surface area contributed by atoms with Crippen molar-refractivity contribution >= 4 is 17.5 Å². The number of ether oxygens (including phenoxy) is 2. The van der Waals surface area contributed by atoms with Crippen LogP contribution in [0.3, 0.4) is 0 Å². The Hall–Kier alpha value is -2.15. The van der Waals surface area contributed by atoms with Crippen LogP contribution in [0, 0.1) is 0 Å². The highest BCUT2D eigenvalue weighted by Crippen LogP contribution is 2.32. The molecule has 2 aromatic rings. The molecule has 0 spiro atoms. The minimum absolute atomic E-state index is 0.126. The SMILES string of the molecule is CCc1cc2c(cc1Cc1ccc(Cl)nc1)C(=O)N([C@H]1COCC[C@@H]1O)CO2. The number of carbonyl (C=O) groups is 1. The van der Waals surface area contributed by atoms with E-state index in [2.05, 4.69) is 11.9 Å². The van der Waals surface area contributed by atoms with Crippen LogP contribution in [0.5, 0.6) is 5.75 Å². The summed E-state index contributed by atoms with van der Waals surface area (Å²) < 4.78 is 11.3. The maximum atomic E-state index is 13.2. The average Bonchev–Trinajstić information content (AvgIpc) is 2.71. The van der Waals surface area contributed by atoms with Gasteiger partial charge in [-0.15, -0.1) is 0 Å². The highest BCUT2D eigenvalue weighted by atomic mass is 35.5. The number of carbonyl (C=O) groups excluding carboxylic acids is 1. The zero-order valence-electron chi connectivity index (χ0n) is 15.7. The van der Waals surface area contributed by atoms with Crippen molar-refractivity contribution in [3.05, 3.63) is 57.9 Å². The van der Waals surface area contributed by atoms with Crippen molar-refractivity contribution < 1.29 is 19.4 Å². The molecule has 28 heavy (non-hydrogen) atoms. The van der Waals surface area contributed by atoms with E-state index in [4.69, 9.17) is 21.1 Å². The molecule has 1 aromatic carbocycles. The molecule has 4 rings (SSSR count). The largest absolute Gasteiger partial charge is 0.472 e. The molecule has 2 aliphatic rings. The van der Waals surface area contributed by atoms with Gasteiger partial charge in [-0.2, -0.15) is 0 Å². The van der Waals surface area contributed by atoms with Gasteiger partial charge in [-0.05, 0) is 54.2 Å². The summed E-state index contributed by atoms with van der Waals surface area (Å²) in [6.07, 6.45) is 3.16. The van der Waals surface area contributed by atoms with E-state index in [-0.39, 0.29) is 18.7 Å². The lowest BCUT2D eigenvalue weighted by atomic mass is 9.94. The number of benzene rings is 1. The van der Waals surface area contributed by atoms with E-state index in [0.717, 1.165) is 23.1 Å². The first-order valence-corrected chi connectivity index (χ1v) is 9.90. The maximum Gasteiger partial charge on any atom is 0.260 e. The number of aryl methyl sites for hydroxylation is 1. The van der Waals surface area contributed by atoms with Crippen LogP contribution in [0.25, 0.3) is 0 Å². The minimum Gasteiger partial charge on any atom is -0.472 e. The molecule has 2 aliphatic heterocycles. The zero-order chi connectivity index (χ0) is 19.7. The van der Waals surface area contributed by atoms with Gasteiger partial charge in [0.2, 0.25) is 0 Å². The van der Waals surface area contributed by atoms with Crippen LogP contribution in [0.1, 0.15) is 40.4 Å². The third kappa shape index (κ3) is 3.72. The Bertz CT molecular complexity index is 871. The lowest BCUT2D eigenvalue weighted by Crippen LogP contribution is -2.54. The number of rotatable bonds is 4. The van der Waals surface area contributed by atoms with Crippen LogP contribution in [-0.2, 0) is 17.6 Å². The summed E-state index contributed by atoms with van der Waals surface area (Å²) in [6.45, 7) is 3.04. The first-order valence-electron chi connectivity index (χ1n) is 9.52. The molecule has 6 nitrogen and oxygen atoms in total. The van der Waals surface area contributed by atoms with Crippen molar-refractivity contribution in [3.8, 4) is 5.75 Å². The Kier molecular flexibility index (Phi) is 5.53. The number of halogens is 1. The molecule has 1 amide bonds. The molecule has 148 valence electrons. The van der Waals surface area contributed by atoms with Crippen LogP contribution < -0.4 is 4.74 Å². The number of hydrogen-bond acceptors (Lipinski definition) is 5. The van der Waals surface area contributed by atoms with E-state index in [1.54, 1.807) is 17.2 Å². The van der Waals surface area contributed by atoms with E-state index < -0.39 is 6.10 Å². The van der Waals surface area contributed by atoms with Gasteiger partial charge < -0.3 is 14.6 Å². The van der Waals surface area contributed by atoms with Gasteiger partial charge in [0.1, 0.15) is 10.9 Å². The van der Waals surface area contributed by atoms with Gasteiger partial charge in [0.05, 0.1) is 24.3 Å². The lowest BCUT2D eigenvalue weighted by Gasteiger charge is -2.39. The molecule has 7 heteroatoms.